The number of carbonyl (C=O) groups is 1. The first-order valence-electron chi connectivity index (χ1n) is 9.09. The van der Waals surface area contributed by atoms with Gasteiger partial charge in [-0.3, -0.25) is 25.0 Å². The number of hydrogen-bond donors (Lipinski definition) is 1. The summed E-state index contributed by atoms with van der Waals surface area (Å²) in [5.74, 6) is -0.783. The van der Waals surface area contributed by atoms with Crippen LogP contribution in [0.5, 0.6) is 0 Å². The first-order valence-corrected chi connectivity index (χ1v) is 9.09. The predicted octanol–water partition coefficient (Wildman–Crippen LogP) is 3.92. The first kappa shape index (κ1) is 20.3. The van der Waals surface area contributed by atoms with Crippen molar-refractivity contribution >= 4 is 28.6 Å². The molecule has 11 nitrogen and oxygen atoms in total. The summed E-state index contributed by atoms with van der Waals surface area (Å²) in [4.78, 5) is 37.7. The van der Waals surface area contributed by atoms with Gasteiger partial charge in [-0.05, 0) is 25.8 Å². The fourth-order valence-electron chi connectivity index (χ4n) is 3.20. The normalized spacial score (nSPS) is 13.5. The first-order chi connectivity index (χ1) is 14.7. The zero-order chi connectivity index (χ0) is 22.4. The summed E-state index contributed by atoms with van der Waals surface area (Å²) in [6, 6.07) is 4.43. The molecule has 1 aromatic carbocycles. The van der Waals surface area contributed by atoms with E-state index in [-0.39, 0.29) is 28.5 Å². The Morgan fingerprint density at radius 2 is 1.77 bits per heavy atom. The SMILES string of the molecule is Cc1c([N+](=O)[O-])cc(NC(=O)c2cc3nc(C4CC4)cc(C(F)F)n3n2)cc1[N+](=O)[O-]. The number of fused-ring (bicyclic) bond motifs is 1. The molecule has 160 valence electrons. The van der Waals surface area contributed by atoms with Crippen molar-refractivity contribution in [3.63, 3.8) is 0 Å². The van der Waals surface area contributed by atoms with Gasteiger partial charge >= 0.3 is 0 Å². The van der Waals surface area contributed by atoms with Gasteiger partial charge < -0.3 is 5.32 Å². The van der Waals surface area contributed by atoms with Crippen LogP contribution in [0.3, 0.4) is 0 Å². The smallest absolute Gasteiger partial charge is 0.281 e. The maximum absolute atomic E-state index is 13.5. The quantitative estimate of drug-likeness (QED) is 0.459. The van der Waals surface area contributed by atoms with Crippen molar-refractivity contribution in [2.24, 2.45) is 0 Å². The monoisotopic (exact) mass is 432 g/mol. The molecule has 31 heavy (non-hydrogen) atoms. The summed E-state index contributed by atoms with van der Waals surface area (Å²) in [6.07, 6.45) is -1.16. The van der Waals surface area contributed by atoms with Gasteiger partial charge in [0, 0.05) is 29.8 Å². The number of nitro benzene ring substituents is 2. The largest absolute Gasteiger partial charge is 0.320 e. The Balaban J connectivity index is 1.71. The average Bonchev–Trinajstić information content (AvgIpc) is 3.46. The van der Waals surface area contributed by atoms with E-state index in [2.05, 4.69) is 15.4 Å². The highest BCUT2D eigenvalue weighted by molar-refractivity contribution is 6.04. The zero-order valence-electron chi connectivity index (χ0n) is 15.9. The molecule has 1 N–H and O–H groups in total. The number of anilines is 1. The predicted molar refractivity (Wildman–Crippen MR) is 102 cm³/mol. The molecule has 1 aliphatic rings. The van der Waals surface area contributed by atoms with Gasteiger partial charge in [-0.15, -0.1) is 0 Å². The Morgan fingerprint density at radius 1 is 1.16 bits per heavy atom. The van der Waals surface area contributed by atoms with Crippen molar-refractivity contribution in [1.29, 1.82) is 0 Å². The van der Waals surface area contributed by atoms with Gasteiger partial charge in [0.1, 0.15) is 11.3 Å². The lowest BCUT2D eigenvalue weighted by molar-refractivity contribution is -0.395. The lowest BCUT2D eigenvalue weighted by Gasteiger charge is -2.06. The van der Waals surface area contributed by atoms with Crippen molar-refractivity contribution in [3.8, 4) is 0 Å². The molecule has 0 saturated heterocycles. The maximum Gasteiger partial charge on any atom is 0.281 e. The third-order valence-electron chi connectivity index (χ3n) is 4.93. The molecule has 0 aliphatic heterocycles. The Hall–Kier alpha value is -4.03. The minimum absolute atomic E-state index is 0.0608. The van der Waals surface area contributed by atoms with E-state index >= 15 is 0 Å². The molecule has 13 heteroatoms. The number of halogens is 2. The molecule has 0 radical (unpaired) electrons. The summed E-state index contributed by atoms with van der Waals surface area (Å²) in [5.41, 5.74) is -1.58. The second-order valence-corrected chi connectivity index (χ2v) is 7.09. The Labute approximate surface area is 172 Å². The number of carbonyl (C=O) groups excluding carboxylic acids is 1. The van der Waals surface area contributed by atoms with Gasteiger partial charge in [0.15, 0.2) is 11.3 Å². The number of hydrogen-bond acceptors (Lipinski definition) is 7. The van der Waals surface area contributed by atoms with Crippen LogP contribution in [-0.4, -0.2) is 30.4 Å². The molecule has 0 bridgehead atoms. The van der Waals surface area contributed by atoms with Crippen LogP contribution < -0.4 is 5.32 Å². The Bertz CT molecular complexity index is 1220. The summed E-state index contributed by atoms with van der Waals surface area (Å²) in [7, 11) is 0. The van der Waals surface area contributed by atoms with Crippen LogP contribution in [0.2, 0.25) is 0 Å². The van der Waals surface area contributed by atoms with Gasteiger partial charge in [-0.25, -0.2) is 18.3 Å². The van der Waals surface area contributed by atoms with E-state index in [0.29, 0.717) is 5.69 Å². The van der Waals surface area contributed by atoms with E-state index in [0.717, 1.165) is 29.5 Å². The van der Waals surface area contributed by atoms with Crippen LogP contribution >= 0.6 is 0 Å². The zero-order valence-corrected chi connectivity index (χ0v) is 15.9. The van der Waals surface area contributed by atoms with Crippen LogP contribution in [0, 0.1) is 27.2 Å². The number of benzene rings is 1. The van der Waals surface area contributed by atoms with E-state index in [1.807, 2.05) is 0 Å². The third-order valence-corrected chi connectivity index (χ3v) is 4.93. The Morgan fingerprint density at radius 3 is 2.29 bits per heavy atom. The number of rotatable bonds is 6. The van der Waals surface area contributed by atoms with E-state index in [9.17, 15) is 33.8 Å². The van der Waals surface area contributed by atoms with E-state index in [1.54, 1.807) is 0 Å². The van der Waals surface area contributed by atoms with Crippen molar-refractivity contribution in [2.45, 2.75) is 32.1 Å². The standard InChI is InChI=1S/C18H14F2N6O5/c1-8-13(25(28)29)4-10(5-14(8)26(30)31)21-18(27)12-7-16-22-11(9-2-3-9)6-15(17(19)20)24(16)23-12/h4-7,9,17H,2-3H2,1H3,(H,21,27). The van der Waals surface area contributed by atoms with E-state index < -0.39 is 39.2 Å². The van der Waals surface area contributed by atoms with Crippen LogP contribution in [0.25, 0.3) is 5.65 Å². The van der Waals surface area contributed by atoms with E-state index in [1.165, 1.54) is 19.1 Å². The summed E-state index contributed by atoms with van der Waals surface area (Å²) < 4.78 is 27.8. The summed E-state index contributed by atoms with van der Waals surface area (Å²) in [5, 5.41) is 28.6. The molecule has 2 aromatic heterocycles. The van der Waals surface area contributed by atoms with Crippen LogP contribution in [0.1, 0.15) is 52.6 Å². The molecule has 4 rings (SSSR count). The van der Waals surface area contributed by atoms with Gasteiger partial charge in [-0.2, -0.15) is 5.10 Å². The number of nitrogens with one attached hydrogen (secondary N) is 1. The minimum atomic E-state index is -2.85. The number of nitrogens with zero attached hydrogens (tertiary/aromatic N) is 5. The van der Waals surface area contributed by atoms with Gasteiger partial charge in [0.05, 0.1) is 15.5 Å². The molecule has 1 aliphatic carbocycles. The molecular weight excluding hydrogens is 418 g/mol. The third kappa shape index (κ3) is 3.76. The van der Waals surface area contributed by atoms with Crippen LogP contribution in [0.15, 0.2) is 24.3 Å². The number of aromatic nitrogens is 3. The van der Waals surface area contributed by atoms with Gasteiger partial charge in [0.25, 0.3) is 23.7 Å². The highest BCUT2D eigenvalue weighted by Crippen LogP contribution is 2.40. The van der Waals surface area contributed by atoms with Gasteiger partial charge in [-0.1, -0.05) is 0 Å². The van der Waals surface area contributed by atoms with Crippen molar-refractivity contribution in [2.75, 3.05) is 5.32 Å². The molecule has 3 aromatic rings. The van der Waals surface area contributed by atoms with Gasteiger partial charge in [0.2, 0.25) is 0 Å². The highest BCUT2D eigenvalue weighted by Gasteiger charge is 2.29. The second kappa shape index (κ2) is 7.34. The maximum atomic E-state index is 13.5. The summed E-state index contributed by atoms with van der Waals surface area (Å²) >= 11 is 0. The molecule has 1 fully saturated rings. The number of alkyl halides is 2. The van der Waals surface area contributed by atoms with Crippen molar-refractivity contribution < 1.29 is 23.4 Å². The highest BCUT2D eigenvalue weighted by atomic mass is 19.3. The molecular formula is C18H14F2N6O5. The fraction of sp³-hybridized carbons (Fsp3) is 0.278. The molecule has 0 spiro atoms. The topological polar surface area (TPSA) is 146 Å². The molecule has 1 saturated carbocycles. The van der Waals surface area contributed by atoms with Crippen LogP contribution in [0.4, 0.5) is 25.8 Å². The number of nitro groups is 2. The fourth-order valence-corrected chi connectivity index (χ4v) is 3.20. The average molecular weight is 432 g/mol. The molecule has 0 atom stereocenters. The van der Waals surface area contributed by atoms with Crippen LogP contribution in [-0.2, 0) is 0 Å². The lowest BCUT2D eigenvalue weighted by Crippen LogP contribution is -2.14. The second-order valence-electron chi connectivity index (χ2n) is 7.09. The van der Waals surface area contributed by atoms with Crippen molar-refractivity contribution in [1.82, 2.24) is 14.6 Å². The summed E-state index contributed by atoms with van der Waals surface area (Å²) in [6.45, 7) is 1.22. The minimum Gasteiger partial charge on any atom is -0.320 e. The van der Waals surface area contributed by atoms with Crippen molar-refractivity contribution in [3.05, 3.63) is 67.1 Å². The Kier molecular flexibility index (Phi) is 4.79. The molecule has 1 amide bonds. The number of amides is 1. The molecule has 0 unspecified atom stereocenters. The van der Waals surface area contributed by atoms with E-state index in [4.69, 9.17) is 0 Å². The molecule has 2 heterocycles. The lowest BCUT2D eigenvalue weighted by atomic mass is 10.1.